The molecular weight excluding hydrogens is 350 g/mol. The maximum absolute atomic E-state index is 12.5. The molecule has 1 aromatic rings. The van der Waals surface area contributed by atoms with Crippen LogP contribution in [0.25, 0.3) is 0 Å². The van der Waals surface area contributed by atoms with Gasteiger partial charge in [0.2, 0.25) is 11.8 Å². The number of fused-ring (bicyclic) bond motifs is 1. The average Bonchev–Trinajstić information content (AvgIpc) is 3.36. The smallest absolute Gasteiger partial charge is 0.346 e. The van der Waals surface area contributed by atoms with Gasteiger partial charge in [0.25, 0.3) is 0 Å². The minimum atomic E-state index is -0.478. The number of carbonyl (C=O) groups excluding carboxylic acids is 2. The van der Waals surface area contributed by atoms with Crippen LogP contribution >= 0.6 is 0 Å². The second-order valence-electron chi connectivity index (χ2n) is 7.00. The van der Waals surface area contributed by atoms with Crippen LogP contribution in [0.15, 0.2) is 15.0 Å². The van der Waals surface area contributed by atoms with Gasteiger partial charge in [-0.1, -0.05) is 0 Å². The van der Waals surface area contributed by atoms with Crippen LogP contribution in [0, 0.1) is 12.3 Å². The molecule has 0 saturated carbocycles. The van der Waals surface area contributed by atoms with Gasteiger partial charge >= 0.3 is 5.69 Å². The predicted molar refractivity (Wildman–Crippen MR) is 95.5 cm³/mol. The van der Waals surface area contributed by atoms with Gasteiger partial charge < -0.3 is 9.80 Å². The number of carbonyl (C=O) groups is 2. The van der Waals surface area contributed by atoms with E-state index in [1.54, 1.807) is 19.0 Å². The third-order valence-electron chi connectivity index (χ3n) is 4.85. The molecule has 0 bridgehead atoms. The van der Waals surface area contributed by atoms with Gasteiger partial charge in [-0.3, -0.25) is 14.2 Å². The molecule has 0 unspecified atom stereocenters. The SMILES string of the molecule is C#CCCC1(CCC(=O)N2CCn3c(nn(CC(=O)N(C)C)c3=O)C2)N=N1. The average molecular weight is 373 g/mol. The number of amides is 2. The van der Waals surface area contributed by atoms with Crippen molar-refractivity contribution in [3.05, 3.63) is 16.3 Å². The van der Waals surface area contributed by atoms with Crippen molar-refractivity contribution in [1.82, 2.24) is 24.1 Å². The lowest BCUT2D eigenvalue weighted by Crippen LogP contribution is -2.41. The van der Waals surface area contributed by atoms with Gasteiger partial charge in [0, 0.05) is 52.9 Å². The molecule has 2 amide bonds. The number of likely N-dealkylation sites (N-methyl/N-ethyl adjacent to an activating group) is 1. The van der Waals surface area contributed by atoms with Crippen molar-refractivity contribution in [3.63, 3.8) is 0 Å². The molecule has 2 aliphatic heterocycles. The fraction of sp³-hybridized carbons (Fsp3) is 0.647. The summed E-state index contributed by atoms with van der Waals surface area (Å²) in [6.45, 7) is 0.946. The van der Waals surface area contributed by atoms with Crippen LogP contribution in [0.4, 0.5) is 0 Å². The molecule has 10 nitrogen and oxygen atoms in total. The van der Waals surface area contributed by atoms with E-state index >= 15 is 0 Å². The summed E-state index contributed by atoms with van der Waals surface area (Å²) in [5, 5.41) is 12.3. The van der Waals surface area contributed by atoms with Gasteiger partial charge in [-0.15, -0.1) is 12.3 Å². The fourth-order valence-electron chi connectivity index (χ4n) is 3.02. The molecule has 0 spiro atoms. The maximum Gasteiger partial charge on any atom is 0.346 e. The van der Waals surface area contributed by atoms with Crippen LogP contribution in [0.5, 0.6) is 0 Å². The third kappa shape index (κ3) is 4.07. The Labute approximate surface area is 156 Å². The van der Waals surface area contributed by atoms with Crippen molar-refractivity contribution in [2.45, 2.75) is 51.0 Å². The summed E-state index contributed by atoms with van der Waals surface area (Å²) in [4.78, 5) is 39.8. The molecule has 3 rings (SSSR count). The van der Waals surface area contributed by atoms with Crippen molar-refractivity contribution in [2.75, 3.05) is 20.6 Å². The van der Waals surface area contributed by atoms with Crippen molar-refractivity contribution in [3.8, 4) is 12.3 Å². The van der Waals surface area contributed by atoms with E-state index in [-0.39, 0.29) is 30.6 Å². The Hall–Kier alpha value is -2.96. The van der Waals surface area contributed by atoms with Crippen LogP contribution in [-0.2, 0) is 29.2 Å². The molecule has 2 aliphatic rings. The van der Waals surface area contributed by atoms with Crippen molar-refractivity contribution in [2.24, 2.45) is 10.2 Å². The highest BCUT2D eigenvalue weighted by Gasteiger charge is 2.40. The Morgan fingerprint density at radius 2 is 2.00 bits per heavy atom. The second-order valence-corrected chi connectivity index (χ2v) is 7.00. The summed E-state index contributed by atoms with van der Waals surface area (Å²) in [5.74, 6) is 2.83. The first-order chi connectivity index (χ1) is 12.8. The molecule has 10 heteroatoms. The van der Waals surface area contributed by atoms with Crippen molar-refractivity contribution >= 4 is 11.8 Å². The first-order valence-corrected chi connectivity index (χ1v) is 8.87. The lowest BCUT2D eigenvalue weighted by atomic mass is 10.0. The molecular formula is C17H23N7O3. The zero-order valence-electron chi connectivity index (χ0n) is 15.6. The van der Waals surface area contributed by atoms with Crippen LogP contribution in [0.3, 0.4) is 0 Å². The second kappa shape index (κ2) is 7.34. The Balaban J connectivity index is 1.59. The highest BCUT2D eigenvalue weighted by Crippen LogP contribution is 2.37. The highest BCUT2D eigenvalue weighted by molar-refractivity contribution is 5.76. The molecule has 3 heterocycles. The monoisotopic (exact) mass is 373 g/mol. The lowest BCUT2D eigenvalue weighted by Gasteiger charge is -2.27. The predicted octanol–water partition coefficient (Wildman–Crippen LogP) is -0.169. The summed E-state index contributed by atoms with van der Waals surface area (Å²) in [7, 11) is 3.25. The van der Waals surface area contributed by atoms with Crippen molar-refractivity contribution in [1.29, 1.82) is 0 Å². The van der Waals surface area contributed by atoms with Gasteiger partial charge in [0.15, 0.2) is 11.5 Å². The van der Waals surface area contributed by atoms with Crippen LogP contribution < -0.4 is 5.69 Å². The molecule has 27 heavy (non-hydrogen) atoms. The fourth-order valence-corrected chi connectivity index (χ4v) is 3.02. The summed E-state index contributed by atoms with van der Waals surface area (Å²) in [6, 6.07) is 0. The van der Waals surface area contributed by atoms with E-state index in [9.17, 15) is 14.4 Å². The quantitative estimate of drug-likeness (QED) is 0.619. The Morgan fingerprint density at radius 1 is 1.26 bits per heavy atom. The summed E-state index contributed by atoms with van der Waals surface area (Å²) in [6.07, 6.45) is 7.39. The maximum atomic E-state index is 12.5. The van der Waals surface area contributed by atoms with Crippen molar-refractivity contribution < 1.29 is 9.59 Å². The molecule has 0 aromatic carbocycles. The summed E-state index contributed by atoms with van der Waals surface area (Å²) < 4.78 is 2.68. The van der Waals surface area contributed by atoms with Gasteiger partial charge in [0.05, 0.1) is 6.54 Å². The Morgan fingerprint density at radius 3 is 2.63 bits per heavy atom. The van der Waals surface area contributed by atoms with Gasteiger partial charge in [-0.05, 0) is 0 Å². The highest BCUT2D eigenvalue weighted by atomic mass is 16.2. The molecule has 0 fully saturated rings. The third-order valence-corrected chi connectivity index (χ3v) is 4.85. The zero-order chi connectivity index (χ0) is 19.6. The molecule has 0 atom stereocenters. The van der Waals surface area contributed by atoms with E-state index in [0.717, 1.165) is 4.68 Å². The molecule has 0 N–H and O–H groups in total. The number of terminal acetylenes is 1. The van der Waals surface area contributed by atoms with Crippen LogP contribution in [-0.4, -0.2) is 62.3 Å². The number of hydrogen-bond acceptors (Lipinski definition) is 6. The molecule has 0 saturated heterocycles. The summed E-state index contributed by atoms with van der Waals surface area (Å²) >= 11 is 0. The van der Waals surface area contributed by atoms with Gasteiger partial charge in [-0.25, -0.2) is 9.48 Å². The topological polar surface area (TPSA) is 105 Å². The number of rotatable bonds is 7. The molecule has 0 radical (unpaired) electrons. The van der Waals surface area contributed by atoms with E-state index in [1.807, 2.05) is 0 Å². The van der Waals surface area contributed by atoms with Crippen LogP contribution in [0.1, 0.15) is 31.5 Å². The molecule has 144 valence electrons. The molecule has 0 aliphatic carbocycles. The first-order valence-electron chi connectivity index (χ1n) is 8.87. The Kier molecular flexibility index (Phi) is 5.12. The molecule has 1 aromatic heterocycles. The van der Waals surface area contributed by atoms with E-state index in [2.05, 4.69) is 21.2 Å². The normalized spacial score (nSPS) is 16.6. The van der Waals surface area contributed by atoms with E-state index in [1.165, 1.54) is 9.47 Å². The number of hydrogen-bond donors (Lipinski definition) is 0. The minimum Gasteiger partial charge on any atom is -0.347 e. The standard InChI is InChI=1S/C17H23N7O3/c1-4-5-7-17(19-20-17)8-6-14(25)22-9-10-23-13(11-22)18-24(16(23)27)12-15(26)21(2)3/h1H,5-12H2,2-3H3. The van der Waals surface area contributed by atoms with E-state index < -0.39 is 5.66 Å². The number of nitrogens with zero attached hydrogens (tertiary/aromatic N) is 7. The van der Waals surface area contributed by atoms with Crippen LogP contribution in [0.2, 0.25) is 0 Å². The largest absolute Gasteiger partial charge is 0.347 e. The Bertz CT molecular complexity index is 868. The van der Waals surface area contributed by atoms with Gasteiger partial charge in [0.1, 0.15) is 6.54 Å². The first kappa shape index (κ1) is 18.8. The zero-order valence-corrected chi connectivity index (χ0v) is 15.6. The number of aromatic nitrogens is 3. The minimum absolute atomic E-state index is 0.0231. The lowest BCUT2D eigenvalue weighted by molar-refractivity contribution is -0.133. The van der Waals surface area contributed by atoms with E-state index in [4.69, 9.17) is 6.42 Å². The van der Waals surface area contributed by atoms with Gasteiger partial charge in [-0.2, -0.15) is 15.3 Å². The summed E-state index contributed by atoms with van der Waals surface area (Å²) in [5.41, 5.74) is -0.801. The van der Waals surface area contributed by atoms with E-state index in [0.29, 0.717) is 44.6 Å².